The van der Waals surface area contributed by atoms with Crippen molar-refractivity contribution in [2.45, 2.75) is 39.8 Å². The summed E-state index contributed by atoms with van der Waals surface area (Å²) in [6, 6.07) is 25.8. The van der Waals surface area contributed by atoms with E-state index in [2.05, 4.69) is 78.6 Å². The molecule has 4 rings (SSSR count). The van der Waals surface area contributed by atoms with Gasteiger partial charge < -0.3 is 19.2 Å². The second kappa shape index (κ2) is 11.4. The Morgan fingerprint density at radius 2 is 1.26 bits per heavy atom. The molecule has 0 saturated heterocycles. The topological polar surface area (TPSA) is 43.5 Å². The summed E-state index contributed by atoms with van der Waals surface area (Å²) < 4.78 is 18.2. The van der Waals surface area contributed by atoms with Gasteiger partial charge in [-0.1, -0.05) is 67.6 Å². The van der Waals surface area contributed by atoms with E-state index >= 15 is 0 Å². The average molecular weight is 476 g/mol. The van der Waals surface area contributed by atoms with Crippen LogP contribution in [-0.4, -0.2) is 30.5 Å². The van der Waals surface area contributed by atoms with Gasteiger partial charge in [-0.2, -0.15) is 0 Å². The van der Waals surface area contributed by atoms with Gasteiger partial charge in [-0.15, -0.1) is 0 Å². The maximum absolute atomic E-state index is 6.24. The number of ether oxygens (including phenoxy) is 3. The maximum atomic E-state index is 6.24. The lowest BCUT2D eigenvalue weighted by atomic mass is 10.1. The first-order valence-corrected chi connectivity index (χ1v) is 13.5. The summed E-state index contributed by atoms with van der Waals surface area (Å²) in [6.07, 6.45) is 0.870. The number of benzene rings is 3. The molecule has 4 aromatic rings. The average Bonchev–Trinajstić information content (AvgIpc) is 3.19. The zero-order chi connectivity index (χ0) is 23.9. The highest BCUT2D eigenvalue weighted by atomic mass is 31.1. The lowest BCUT2D eigenvalue weighted by Gasteiger charge is -2.26. The van der Waals surface area contributed by atoms with E-state index in [4.69, 9.17) is 14.2 Å². The van der Waals surface area contributed by atoms with Gasteiger partial charge in [0.25, 0.3) is 0 Å². The van der Waals surface area contributed by atoms with E-state index in [1.807, 2.05) is 26.8 Å². The van der Waals surface area contributed by atoms with Crippen molar-refractivity contribution in [2.24, 2.45) is 0 Å². The third-order valence-corrected chi connectivity index (χ3v) is 8.57. The summed E-state index contributed by atoms with van der Waals surface area (Å²) in [4.78, 5) is 3.66. The summed E-state index contributed by atoms with van der Waals surface area (Å²) in [5, 5.41) is 3.75. The van der Waals surface area contributed by atoms with Crippen LogP contribution in [0.1, 0.15) is 33.4 Å². The number of hydrogen-bond donors (Lipinski definition) is 1. The fourth-order valence-corrected chi connectivity index (χ4v) is 7.16. The summed E-state index contributed by atoms with van der Waals surface area (Å²) in [5.74, 6) is 2.39. The van der Waals surface area contributed by atoms with Gasteiger partial charge in [-0.25, -0.2) is 0 Å². The number of rotatable bonds is 11. The molecule has 3 aromatic carbocycles. The van der Waals surface area contributed by atoms with Crippen molar-refractivity contribution in [3.8, 4) is 17.2 Å². The third kappa shape index (κ3) is 5.08. The largest absolute Gasteiger partial charge is 0.491 e. The quantitative estimate of drug-likeness (QED) is 0.254. The molecular weight excluding hydrogens is 441 g/mol. The molecule has 0 radical (unpaired) electrons. The highest BCUT2D eigenvalue weighted by Gasteiger charge is 2.26. The molecule has 178 valence electrons. The van der Waals surface area contributed by atoms with Crippen LogP contribution in [0.5, 0.6) is 17.2 Å². The van der Waals surface area contributed by atoms with Crippen molar-refractivity contribution in [3.63, 3.8) is 0 Å². The van der Waals surface area contributed by atoms with E-state index in [0.29, 0.717) is 25.5 Å². The number of aromatic amines is 1. The van der Waals surface area contributed by atoms with Crippen molar-refractivity contribution < 1.29 is 14.2 Å². The lowest BCUT2D eigenvalue weighted by molar-refractivity contribution is 0.289. The van der Waals surface area contributed by atoms with E-state index < -0.39 is 7.92 Å². The third-order valence-electron chi connectivity index (χ3n) is 5.79. The van der Waals surface area contributed by atoms with E-state index in [-0.39, 0.29) is 0 Å². The van der Waals surface area contributed by atoms with Gasteiger partial charge in [0.15, 0.2) is 17.2 Å². The SMILES string of the molecule is CCOc1ccc2[nH]c(CC(C)P(c3ccccc3)c3ccccc3)c(OCC)c2c1OCC. The summed E-state index contributed by atoms with van der Waals surface area (Å²) in [5.41, 5.74) is 2.52. The van der Waals surface area contributed by atoms with Crippen LogP contribution in [-0.2, 0) is 6.42 Å². The molecule has 1 heterocycles. The van der Waals surface area contributed by atoms with Crippen LogP contribution >= 0.6 is 7.92 Å². The van der Waals surface area contributed by atoms with Crippen LogP contribution in [0.3, 0.4) is 0 Å². The normalized spacial score (nSPS) is 12.1. The molecule has 1 aromatic heterocycles. The van der Waals surface area contributed by atoms with E-state index in [0.717, 1.165) is 40.3 Å². The van der Waals surface area contributed by atoms with Gasteiger partial charge in [0.05, 0.1) is 36.4 Å². The van der Waals surface area contributed by atoms with Crippen molar-refractivity contribution in [1.82, 2.24) is 4.98 Å². The molecule has 1 unspecified atom stereocenters. The number of aromatic nitrogens is 1. The lowest BCUT2D eigenvalue weighted by Crippen LogP contribution is -2.21. The van der Waals surface area contributed by atoms with Gasteiger partial charge in [-0.3, -0.25) is 0 Å². The van der Waals surface area contributed by atoms with Crippen LogP contribution in [0.25, 0.3) is 10.9 Å². The Labute approximate surface area is 204 Å². The molecule has 34 heavy (non-hydrogen) atoms. The Balaban J connectivity index is 1.78. The number of fused-ring (bicyclic) bond motifs is 1. The molecule has 5 heteroatoms. The highest BCUT2D eigenvalue weighted by Crippen LogP contribution is 2.46. The van der Waals surface area contributed by atoms with Crippen molar-refractivity contribution in [3.05, 3.63) is 78.5 Å². The van der Waals surface area contributed by atoms with Crippen LogP contribution in [0.4, 0.5) is 0 Å². The van der Waals surface area contributed by atoms with E-state index in [1.54, 1.807) is 0 Å². The van der Waals surface area contributed by atoms with Crippen LogP contribution in [0, 0.1) is 0 Å². The van der Waals surface area contributed by atoms with Crippen molar-refractivity contribution in [2.75, 3.05) is 19.8 Å². The smallest absolute Gasteiger partial charge is 0.174 e. The first-order chi connectivity index (χ1) is 16.7. The highest BCUT2D eigenvalue weighted by molar-refractivity contribution is 7.73. The number of H-pyrrole nitrogens is 1. The molecule has 1 atom stereocenters. The standard InChI is InChI=1S/C29H34NO3P/c1-5-31-26-19-18-24-27(29(26)33-7-3)28(32-6-2)25(30-24)20-21(4)34(22-14-10-8-11-15-22)23-16-12-9-13-17-23/h8-19,21,30H,5-7,20H2,1-4H3. The molecule has 0 spiro atoms. The van der Waals surface area contributed by atoms with Gasteiger partial charge in [0, 0.05) is 0 Å². The summed E-state index contributed by atoms with van der Waals surface area (Å²) in [6.45, 7) is 10.1. The van der Waals surface area contributed by atoms with Crippen LogP contribution in [0.15, 0.2) is 72.8 Å². The van der Waals surface area contributed by atoms with E-state index in [9.17, 15) is 0 Å². The fraction of sp³-hybridized carbons (Fsp3) is 0.310. The van der Waals surface area contributed by atoms with Gasteiger partial charge in [0.2, 0.25) is 0 Å². The second-order valence-corrected chi connectivity index (χ2v) is 10.8. The summed E-state index contributed by atoms with van der Waals surface area (Å²) in [7, 11) is -0.545. The zero-order valence-corrected chi connectivity index (χ0v) is 21.4. The predicted octanol–water partition coefficient (Wildman–Crippen LogP) is 6.43. The maximum Gasteiger partial charge on any atom is 0.174 e. The molecule has 0 aliphatic carbocycles. The van der Waals surface area contributed by atoms with Crippen LogP contribution in [0.2, 0.25) is 0 Å². The molecule has 1 N–H and O–H groups in total. The Morgan fingerprint density at radius 1 is 0.706 bits per heavy atom. The number of hydrogen-bond acceptors (Lipinski definition) is 3. The van der Waals surface area contributed by atoms with E-state index in [1.165, 1.54) is 10.6 Å². The Morgan fingerprint density at radius 3 is 1.82 bits per heavy atom. The monoisotopic (exact) mass is 475 g/mol. The molecule has 0 bridgehead atoms. The van der Waals surface area contributed by atoms with Gasteiger partial charge in [0.1, 0.15) is 0 Å². The zero-order valence-electron chi connectivity index (χ0n) is 20.5. The predicted molar refractivity (Wildman–Crippen MR) is 144 cm³/mol. The molecule has 0 amide bonds. The van der Waals surface area contributed by atoms with Crippen molar-refractivity contribution in [1.29, 1.82) is 0 Å². The van der Waals surface area contributed by atoms with Gasteiger partial charge >= 0.3 is 0 Å². The second-order valence-electron chi connectivity index (χ2n) is 8.14. The molecule has 0 aliphatic rings. The first-order valence-electron chi connectivity index (χ1n) is 12.1. The summed E-state index contributed by atoms with van der Waals surface area (Å²) >= 11 is 0. The minimum atomic E-state index is -0.545. The minimum Gasteiger partial charge on any atom is -0.491 e. The van der Waals surface area contributed by atoms with Gasteiger partial charge in [-0.05, 0) is 63.5 Å². The molecule has 0 fully saturated rings. The van der Waals surface area contributed by atoms with Crippen LogP contribution < -0.4 is 24.8 Å². The molecular formula is C29H34NO3P. The molecule has 4 nitrogen and oxygen atoms in total. The Hall–Kier alpha value is -2.97. The molecule has 0 saturated carbocycles. The van der Waals surface area contributed by atoms with Crippen molar-refractivity contribution >= 4 is 29.4 Å². The minimum absolute atomic E-state index is 0.397. The Kier molecular flexibility index (Phi) is 8.13. The Bertz CT molecular complexity index is 1150. The molecule has 0 aliphatic heterocycles. The first kappa shape index (κ1) is 24.2. The fourth-order valence-electron chi connectivity index (χ4n) is 4.49. The number of nitrogens with one attached hydrogen (secondary N) is 1.